The summed E-state index contributed by atoms with van der Waals surface area (Å²) in [6.07, 6.45) is 1.83. The minimum absolute atomic E-state index is 0.526. The molecule has 0 saturated heterocycles. The van der Waals surface area contributed by atoms with Crippen LogP contribution in [0.25, 0.3) is 89.4 Å². The van der Waals surface area contributed by atoms with Crippen molar-refractivity contribution in [3.8, 4) is 67.4 Å². The molecule has 0 bridgehead atoms. The molecule has 4 heteroatoms. The third kappa shape index (κ3) is 5.80. The third-order valence-corrected chi connectivity index (χ3v) is 12.5. The van der Waals surface area contributed by atoms with Gasteiger partial charge in [0.2, 0.25) is 0 Å². The van der Waals surface area contributed by atoms with E-state index in [0.717, 1.165) is 72.4 Å². The van der Waals surface area contributed by atoms with Gasteiger partial charge in [-0.05, 0) is 93.0 Å². The molecule has 8 aromatic carbocycles. The first kappa shape index (κ1) is 35.7. The second kappa shape index (κ2) is 14.5. The van der Waals surface area contributed by atoms with Crippen LogP contribution in [0.3, 0.4) is 0 Å². The van der Waals surface area contributed by atoms with Gasteiger partial charge in [-0.15, -0.1) is 0 Å². The lowest BCUT2D eigenvalue weighted by molar-refractivity contribution is 0.669. The molecule has 0 unspecified atom stereocenters. The van der Waals surface area contributed by atoms with Crippen LogP contribution >= 0.6 is 0 Å². The largest absolute Gasteiger partial charge is 0.456 e. The molecule has 62 heavy (non-hydrogen) atoms. The number of aromatic nitrogens is 3. The lowest BCUT2D eigenvalue weighted by Crippen LogP contribution is -2.28. The van der Waals surface area contributed by atoms with Gasteiger partial charge >= 0.3 is 0 Å². The van der Waals surface area contributed by atoms with Gasteiger partial charge in [0, 0.05) is 39.2 Å². The molecular weight excluding hydrogens is 755 g/mol. The van der Waals surface area contributed by atoms with Crippen molar-refractivity contribution in [3.63, 3.8) is 0 Å². The van der Waals surface area contributed by atoms with Crippen molar-refractivity contribution in [2.45, 2.75) is 5.41 Å². The predicted octanol–water partition coefficient (Wildman–Crippen LogP) is 14.5. The van der Waals surface area contributed by atoms with Crippen molar-refractivity contribution in [3.05, 3.63) is 247 Å². The maximum absolute atomic E-state index is 6.13. The highest BCUT2D eigenvalue weighted by molar-refractivity contribution is 6.06. The summed E-state index contributed by atoms with van der Waals surface area (Å²) in [6, 6.07) is 77.4. The van der Waals surface area contributed by atoms with Gasteiger partial charge in [0.1, 0.15) is 11.2 Å². The molecule has 290 valence electrons. The Morgan fingerprint density at radius 1 is 0.339 bits per heavy atom. The molecule has 12 rings (SSSR count). The van der Waals surface area contributed by atoms with Crippen molar-refractivity contribution in [1.82, 2.24) is 15.0 Å². The summed E-state index contributed by atoms with van der Waals surface area (Å²) >= 11 is 0. The SMILES string of the molecule is c1ccc(C2(c3ccccc3)c3ccccc3-c3ccc(-c4cc(-c5ccc(-c6ccc7oc8ccccc8c7c6)cc5)nc(-c5cccc(-c6ccccn6)c5)n4)cc32)cc1. The Balaban J connectivity index is 1.03. The molecule has 0 spiro atoms. The Labute approximate surface area is 359 Å². The van der Waals surface area contributed by atoms with Crippen LogP contribution in [-0.2, 0) is 5.41 Å². The van der Waals surface area contributed by atoms with Gasteiger partial charge in [0.15, 0.2) is 5.82 Å². The maximum atomic E-state index is 6.13. The summed E-state index contributed by atoms with van der Waals surface area (Å²) in [6.45, 7) is 0. The summed E-state index contributed by atoms with van der Waals surface area (Å²) in [4.78, 5) is 15.3. The van der Waals surface area contributed by atoms with Crippen LogP contribution in [0.4, 0.5) is 0 Å². The zero-order valence-electron chi connectivity index (χ0n) is 33.6. The van der Waals surface area contributed by atoms with E-state index < -0.39 is 5.41 Å². The first-order valence-corrected chi connectivity index (χ1v) is 21.0. The van der Waals surface area contributed by atoms with Gasteiger partial charge in [0.25, 0.3) is 0 Å². The molecule has 0 amide bonds. The molecule has 1 aliphatic rings. The number of benzene rings is 8. The van der Waals surface area contributed by atoms with Crippen LogP contribution in [0.15, 0.2) is 229 Å². The molecule has 11 aromatic rings. The quantitative estimate of drug-likeness (QED) is 0.161. The smallest absolute Gasteiger partial charge is 0.160 e. The Kier molecular flexibility index (Phi) is 8.36. The highest BCUT2D eigenvalue weighted by Gasteiger charge is 2.46. The van der Waals surface area contributed by atoms with Gasteiger partial charge < -0.3 is 4.42 Å². The minimum Gasteiger partial charge on any atom is -0.456 e. The van der Waals surface area contributed by atoms with E-state index in [2.05, 4.69) is 193 Å². The fraction of sp³-hybridized carbons (Fsp3) is 0.0172. The van der Waals surface area contributed by atoms with Crippen molar-refractivity contribution in [2.75, 3.05) is 0 Å². The first-order chi connectivity index (χ1) is 30.7. The van der Waals surface area contributed by atoms with Crippen LogP contribution < -0.4 is 0 Å². The van der Waals surface area contributed by atoms with Crippen LogP contribution in [0.1, 0.15) is 22.3 Å². The van der Waals surface area contributed by atoms with Gasteiger partial charge in [-0.25, -0.2) is 9.97 Å². The second-order valence-electron chi connectivity index (χ2n) is 15.9. The van der Waals surface area contributed by atoms with Crippen LogP contribution in [0.5, 0.6) is 0 Å². The summed E-state index contributed by atoms with van der Waals surface area (Å²) in [7, 11) is 0. The van der Waals surface area contributed by atoms with E-state index in [-0.39, 0.29) is 0 Å². The Hall–Kier alpha value is -8.21. The monoisotopic (exact) mass is 791 g/mol. The van der Waals surface area contributed by atoms with E-state index in [1.807, 2.05) is 36.5 Å². The number of pyridine rings is 1. The molecule has 0 N–H and O–H groups in total. The van der Waals surface area contributed by atoms with E-state index in [1.54, 1.807) is 0 Å². The molecule has 0 saturated carbocycles. The summed E-state index contributed by atoms with van der Waals surface area (Å²) < 4.78 is 6.13. The number of hydrogen-bond acceptors (Lipinski definition) is 4. The van der Waals surface area contributed by atoms with E-state index in [0.29, 0.717) is 5.82 Å². The standard InChI is InChI=1S/C58H37N3O/c1-3-16-44(17-4-1)58(45-18-5-2-6-19-45)50-22-9-7-20-46(50)47-31-29-42(36-51(47)58)54-37-53(60-57(61-54)43-15-13-14-41(34-43)52-23-11-12-33-59-52)39-27-25-38(26-28-39)40-30-32-56-49(35-40)48-21-8-10-24-55(48)62-56/h1-37H. The molecular formula is C58H37N3O. The molecule has 3 aromatic heterocycles. The van der Waals surface area contributed by atoms with Crippen molar-refractivity contribution >= 4 is 21.9 Å². The minimum atomic E-state index is -0.526. The van der Waals surface area contributed by atoms with Gasteiger partial charge in [-0.1, -0.05) is 170 Å². The number of para-hydroxylation sites is 1. The second-order valence-corrected chi connectivity index (χ2v) is 15.9. The van der Waals surface area contributed by atoms with Gasteiger partial charge in [0.05, 0.1) is 22.5 Å². The molecule has 1 aliphatic carbocycles. The number of fused-ring (bicyclic) bond motifs is 6. The Morgan fingerprint density at radius 2 is 0.952 bits per heavy atom. The summed E-state index contributed by atoms with van der Waals surface area (Å²) in [5.41, 5.74) is 17.5. The topological polar surface area (TPSA) is 51.8 Å². The van der Waals surface area contributed by atoms with Gasteiger partial charge in [-0.3, -0.25) is 4.98 Å². The number of furan rings is 1. The van der Waals surface area contributed by atoms with Crippen LogP contribution in [0, 0.1) is 0 Å². The van der Waals surface area contributed by atoms with Gasteiger partial charge in [-0.2, -0.15) is 0 Å². The van der Waals surface area contributed by atoms with E-state index in [9.17, 15) is 0 Å². The Morgan fingerprint density at radius 3 is 1.74 bits per heavy atom. The lowest BCUT2D eigenvalue weighted by Gasteiger charge is -2.34. The zero-order chi connectivity index (χ0) is 41.0. The lowest BCUT2D eigenvalue weighted by atomic mass is 9.67. The van der Waals surface area contributed by atoms with Crippen molar-refractivity contribution < 1.29 is 4.42 Å². The molecule has 0 aliphatic heterocycles. The van der Waals surface area contributed by atoms with Crippen molar-refractivity contribution in [2.24, 2.45) is 0 Å². The van der Waals surface area contributed by atoms with Crippen LogP contribution in [0.2, 0.25) is 0 Å². The van der Waals surface area contributed by atoms with Crippen LogP contribution in [-0.4, -0.2) is 15.0 Å². The van der Waals surface area contributed by atoms with Crippen molar-refractivity contribution in [1.29, 1.82) is 0 Å². The highest BCUT2D eigenvalue weighted by Crippen LogP contribution is 2.56. The molecule has 0 fully saturated rings. The molecule has 0 atom stereocenters. The normalized spacial score (nSPS) is 12.6. The maximum Gasteiger partial charge on any atom is 0.160 e. The number of hydrogen-bond donors (Lipinski definition) is 0. The average molecular weight is 792 g/mol. The highest BCUT2D eigenvalue weighted by atomic mass is 16.3. The average Bonchev–Trinajstić information content (AvgIpc) is 3.88. The Bertz CT molecular complexity index is 3410. The predicted molar refractivity (Wildman–Crippen MR) is 252 cm³/mol. The van der Waals surface area contributed by atoms with E-state index in [1.165, 1.54) is 33.4 Å². The number of rotatable bonds is 7. The third-order valence-electron chi connectivity index (χ3n) is 12.5. The summed E-state index contributed by atoms with van der Waals surface area (Å²) in [5, 5.41) is 2.23. The fourth-order valence-corrected chi connectivity index (χ4v) is 9.57. The first-order valence-electron chi connectivity index (χ1n) is 21.0. The van der Waals surface area contributed by atoms with E-state index >= 15 is 0 Å². The molecule has 0 radical (unpaired) electrons. The fourth-order valence-electron chi connectivity index (χ4n) is 9.57. The molecule has 3 heterocycles. The summed E-state index contributed by atoms with van der Waals surface area (Å²) in [5.74, 6) is 0.651. The number of nitrogens with zero attached hydrogens (tertiary/aromatic N) is 3. The molecule has 4 nitrogen and oxygen atoms in total. The van der Waals surface area contributed by atoms with E-state index in [4.69, 9.17) is 14.4 Å². The zero-order valence-corrected chi connectivity index (χ0v) is 33.6.